The summed E-state index contributed by atoms with van der Waals surface area (Å²) in [6.45, 7) is 13.4. The van der Waals surface area contributed by atoms with E-state index < -0.39 is 10.1 Å². The van der Waals surface area contributed by atoms with Gasteiger partial charge in [0.15, 0.2) is 0 Å². The van der Waals surface area contributed by atoms with Crippen molar-refractivity contribution < 1.29 is 13.0 Å². The van der Waals surface area contributed by atoms with Crippen LogP contribution in [0.15, 0.2) is 108 Å². The van der Waals surface area contributed by atoms with Crippen molar-refractivity contribution in [2.45, 2.75) is 63.7 Å². The van der Waals surface area contributed by atoms with Crippen LogP contribution in [-0.2, 0) is 27.4 Å². The third-order valence-electron chi connectivity index (χ3n) is 5.89. The molecule has 39 heavy (non-hydrogen) atoms. The average molecular weight is 769 g/mol. The molecule has 0 aromatic heterocycles. The predicted octanol–water partition coefficient (Wildman–Crippen LogP) is 9.70. The van der Waals surface area contributed by atoms with Crippen molar-refractivity contribution in [3.8, 4) is 0 Å². The van der Waals surface area contributed by atoms with E-state index in [1.807, 2.05) is 30.3 Å². The first kappa shape index (κ1) is 33.5. The molecule has 0 bridgehead atoms. The smallest absolute Gasteiger partial charge is 0.282 e. The first-order chi connectivity index (χ1) is 18.1. The highest BCUT2D eigenvalue weighted by molar-refractivity contribution is 14.1. The quantitative estimate of drug-likeness (QED) is 0.167. The zero-order valence-corrected chi connectivity index (χ0v) is 28.6. The van der Waals surface area contributed by atoms with E-state index in [2.05, 4.69) is 135 Å². The third-order valence-corrected chi connectivity index (χ3v) is 8.20. The summed E-state index contributed by atoms with van der Waals surface area (Å²) in [5, 5.41) is 0. The zero-order valence-electron chi connectivity index (χ0n) is 23.4. The highest BCUT2D eigenvalue weighted by Gasteiger charge is 2.13. The first-order valence-electron chi connectivity index (χ1n) is 12.7. The predicted molar refractivity (Wildman–Crippen MR) is 181 cm³/mol. The van der Waals surface area contributed by atoms with Crippen LogP contribution in [0.4, 0.5) is 0 Å². The Bertz CT molecular complexity index is 1330. The fourth-order valence-corrected chi connectivity index (χ4v) is 4.71. The van der Waals surface area contributed by atoms with Gasteiger partial charge in [-0.2, -0.15) is 8.42 Å². The molecule has 0 fully saturated rings. The van der Waals surface area contributed by atoms with Crippen LogP contribution >= 0.6 is 45.2 Å². The van der Waals surface area contributed by atoms with Gasteiger partial charge in [-0.3, -0.25) is 4.55 Å². The van der Waals surface area contributed by atoms with Crippen molar-refractivity contribution in [2.24, 2.45) is 0 Å². The Morgan fingerprint density at radius 3 is 1.26 bits per heavy atom. The molecule has 0 unspecified atom stereocenters. The maximum absolute atomic E-state index is 10.9. The summed E-state index contributed by atoms with van der Waals surface area (Å²) in [4.78, 5) is -0.0747. The molecular weight excluding hydrogens is 730 g/mol. The lowest BCUT2D eigenvalue weighted by Crippen LogP contribution is -2.10. The van der Waals surface area contributed by atoms with Crippen LogP contribution in [0.25, 0.3) is 0 Å². The highest BCUT2D eigenvalue weighted by atomic mass is 127. The van der Waals surface area contributed by atoms with Crippen LogP contribution in [-0.4, -0.2) is 13.0 Å². The molecule has 208 valence electrons. The second kappa shape index (κ2) is 14.8. The number of rotatable bonds is 3. The molecule has 0 heterocycles. The Hall–Kier alpha value is -1.75. The Kier molecular flexibility index (Phi) is 12.7. The molecule has 0 aliphatic carbocycles. The molecule has 0 saturated heterocycles. The lowest BCUT2D eigenvalue weighted by Gasteiger charge is -2.18. The van der Waals surface area contributed by atoms with Crippen LogP contribution in [0.2, 0.25) is 0 Å². The average Bonchev–Trinajstić information content (AvgIpc) is 2.85. The van der Waals surface area contributed by atoms with Gasteiger partial charge in [0.2, 0.25) is 0 Å². The Labute approximate surface area is 262 Å². The molecule has 0 atom stereocenters. The van der Waals surface area contributed by atoms with Crippen molar-refractivity contribution in [1.29, 1.82) is 0 Å². The molecule has 0 aliphatic rings. The van der Waals surface area contributed by atoms with Crippen molar-refractivity contribution in [1.82, 2.24) is 0 Å². The summed E-state index contributed by atoms with van der Waals surface area (Å²) in [7, 11) is -4.09. The molecule has 4 aromatic rings. The zero-order chi connectivity index (χ0) is 29.3. The van der Waals surface area contributed by atoms with Crippen LogP contribution in [0, 0.1) is 7.14 Å². The van der Waals surface area contributed by atoms with E-state index >= 15 is 0 Å². The topological polar surface area (TPSA) is 54.4 Å². The number of benzene rings is 4. The van der Waals surface area contributed by atoms with Crippen LogP contribution in [0.1, 0.15) is 63.8 Å². The number of halogens is 2. The van der Waals surface area contributed by atoms with Gasteiger partial charge in [0, 0.05) is 7.14 Å². The van der Waals surface area contributed by atoms with Gasteiger partial charge in [-0.1, -0.05) is 108 Å². The van der Waals surface area contributed by atoms with Gasteiger partial charge in [0.05, 0.1) is 4.90 Å². The molecule has 0 radical (unpaired) electrons. The van der Waals surface area contributed by atoms with Gasteiger partial charge in [0.25, 0.3) is 10.1 Å². The minimum absolute atomic E-state index is 0.0747. The van der Waals surface area contributed by atoms with Crippen molar-refractivity contribution in [3.63, 3.8) is 0 Å². The van der Waals surface area contributed by atoms with E-state index in [-0.39, 0.29) is 15.7 Å². The summed E-state index contributed by atoms with van der Waals surface area (Å²) >= 11 is 4.65. The summed E-state index contributed by atoms with van der Waals surface area (Å²) in [6, 6.07) is 33.5. The van der Waals surface area contributed by atoms with Crippen molar-refractivity contribution >= 4 is 55.3 Å². The molecular formula is C33H38I2O3S. The summed E-state index contributed by atoms with van der Waals surface area (Å²) in [5.74, 6) is 0. The first-order valence-corrected chi connectivity index (χ1v) is 16.3. The monoisotopic (exact) mass is 768 g/mol. The van der Waals surface area contributed by atoms with Crippen LogP contribution in [0.3, 0.4) is 0 Å². The summed E-state index contributed by atoms with van der Waals surface area (Å²) in [5.41, 5.74) is 5.53. The van der Waals surface area contributed by atoms with Gasteiger partial charge in [0.1, 0.15) is 0 Å². The minimum atomic E-state index is -4.09. The molecule has 0 aliphatic heterocycles. The largest absolute Gasteiger partial charge is 0.294 e. The van der Waals surface area contributed by atoms with Gasteiger partial charge in [-0.15, -0.1) is 0 Å². The summed E-state index contributed by atoms with van der Waals surface area (Å²) < 4.78 is 33.2. The molecule has 0 spiro atoms. The second-order valence-corrected chi connectivity index (χ2v) is 15.2. The molecule has 0 saturated carbocycles. The van der Waals surface area contributed by atoms with E-state index in [1.54, 1.807) is 12.1 Å². The Morgan fingerprint density at radius 2 is 0.923 bits per heavy atom. The molecule has 1 N–H and O–H groups in total. The standard InChI is InChI=1S/C13H12O3S.2C10H13I/c14-17(15,16)13-8-6-12(7-9-13)10-11-4-2-1-3-5-11;2*1-10(2,3)8-4-6-9(11)7-5-8/h1-9H,10H2,(H,14,15,16);2*4-7H,1-3H3. The van der Waals surface area contributed by atoms with E-state index in [0.717, 1.165) is 17.5 Å². The Morgan fingerprint density at radius 1 is 0.564 bits per heavy atom. The van der Waals surface area contributed by atoms with Crippen molar-refractivity contribution in [2.75, 3.05) is 0 Å². The lowest BCUT2D eigenvalue weighted by atomic mass is 9.87. The van der Waals surface area contributed by atoms with Crippen molar-refractivity contribution in [3.05, 3.63) is 133 Å². The fraction of sp³-hybridized carbons (Fsp3) is 0.273. The van der Waals surface area contributed by atoms with Gasteiger partial charge in [-0.25, -0.2) is 0 Å². The van der Waals surface area contributed by atoms with E-state index in [0.29, 0.717) is 0 Å². The fourth-order valence-electron chi connectivity index (χ4n) is 3.51. The van der Waals surface area contributed by atoms with Crippen LogP contribution in [0.5, 0.6) is 0 Å². The normalized spacial score (nSPS) is 11.5. The lowest BCUT2D eigenvalue weighted by molar-refractivity contribution is 0.483. The minimum Gasteiger partial charge on any atom is -0.282 e. The van der Waals surface area contributed by atoms with Gasteiger partial charge in [-0.05, 0) is 121 Å². The highest BCUT2D eigenvalue weighted by Crippen LogP contribution is 2.23. The molecule has 6 heteroatoms. The summed E-state index contributed by atoms with van der Waals surface area (Å²) in [6.07, 6.45) is 0.743. The second-order valence-electron chi connectivity index (χ2n) is 11.3. The number of hydrogen-bond acceptors (Lipinski definition) is 2. The maximum atomic E-state index is 10.9. The molecule has 4 aromatic carbocycles. The number of hydrogen-bond donors (Lipinski definition) is 1. The molecule has 3 nitrogen and oxygen atoms in total. The van der Waals surface area contributed by atoms with E-state index in [1.165, 1.54) is 30.4 Å². The van der Waals surface area contributed by atoms with Gasteiger partial charge >= 0.3 is 0 Å². The SMILES string of the molecule is CC(C)(C)c1ccc(I)cc1.CC(C)(C)c1ccc(I)cc1.O=S(=O)(O)c1ccc(Cc2ccccc2)cc1. The molecule has 0 amide bonds. The van der Waals surface area contributed by atoms with E-state index in [9.17, 15) is 8.42 Å². The van der Waals surface area contributed by atoms with Gasteiger partial charge < -0.3 is 0 Å². The maximum Gasteiger partial charge on any atom is 0.294 e. The van der Waals surface area contributed by atoms with E-state index in [4.69, 9.17) is 4.55 Å². The third kappa shape index (κ3) is 12.5. The van der Waals surface area contributed by atoms with Crippen LogP contribution < -0.4 is 0 Å². The molecule has 4 rings (SSSR count). The Balaban J connectivity index is 0.000000214.